The lowest BCUT2D eigenvalue weighted by Gasteiger charge is -2.23. The quantitative estimate of drug-likeness (QED) is 0.529. The fraction of sp³-hybridized carbons (Fsp3) is 0.455. The highest BCUT2D eigenvalue weighted by atomic mass is 16.5. The van der Waals surface area contributed by atoms with E-state index in [1.54, 1.807) is 13.3 Å². The molecule has 1 fully saturated rings. The van der Waals surface area contributed by atoms with Crippen molar-refractivity contribution in [2.24, 2.45) is 10.7 Å². The number of ether oxygens (including phenoxy) is 1. The molecule has 2 aromatic rings. The van der Waals surface area contributed by atoms with Gasteiger partial charge in [-0.15, -0.1) is 0 Å². The first kappa shape index (κ1) is 23.1. The van der Waals surface area contributed by atoms with E-state index in [1.807, 2.05) is 42.3 Å². The minimum absolute atomic E-state index is 0.274. The summed E-state index contributed by atoms with van der Waals surface area (Å²) in [5, 5.41) is 0. The van der Waals surface area contributed by atoms with Crippen molar-refractivity contribution < 1.29 is 9.53 Å². The van der Waals surface area contributed by atoms with Gasteiger partial charge in [-0.3, -0.25) is 4.79 Å². The average Bonchev–Trinajstić information content (AvgIpc) is 3.18. The SMILES string of the molecule is CCCc1cccc(/N=C\N)n1.COc1cc(N(C)CCN2CCCC2=O)ccn1. The van der Waals surface area contributed by atoms with E-state index in [-0.39, 0.29) is 5.91 Å². The summed E-state index contributed by atoms with van der Waals surface area (Å²) in [7, 11) is 3.62. The van der Waals surface area contributed by atoms with Crippen molar-refractivity contribution in [1.29, 1.82) is 0 Å². The van der Waals surface area contributed by atoms with Gasteiger partial charge in [0.15, 0.2) is 5.82 Å². The number of amides is 1. The average molecular weight is 413 g/mol. The predicted octanol–water partition coefficient (Wildman–Crippen LogP) is 2.80. The number of pyridine rings is 2. The molecule has 0 saturated carbocycles. The molecule has 8 heteroatoms. The molecule has 0 radical (unpaired) electrons. The normalized spacial score (nSPS) is 13.3. The second-order valence-electron chi connectivity index (χ2n) is 6.98. The summed E-state index contributed by atoms with van der Waals surface area (Å²) in [5.41, 5.74) is 7.27. The zero-order chi connectivity index (χ0) is 21.8. The number of methoxy groups -OCH3 is 1. The third kappa shape index (κ3) is 7.35. The highest BCUT2D eigenvalue weighted by molar-refractivity contribution is 5.78. The number of carbonyl (C=O) groups excluding carboxylic acids is 1. The highest BCUT2D eigenvalue weighted by Crippen LogP contribution is 2.17. The number of nitrogens with zero attached hydrogens (tertiary/aromatic N) is 5. The van der Waals surface area contributed by atoms with Crippen LogP contribution >= 0.6 is 0 Å². The van der Waals surface area contributed by atoms with Crippen molar-refractivity contribution in [2.75, 3.05) is 38.7 Å². The molecule has 8 nitrogen and oxygen atoms in total. The van der Waals surface area contributed by atoms with Crippen LogP contribution in [-0.2, 0) is 11.2 Å². The molecule has 0 aliphatic carbocycles. The molecule has 30 heavy (non-hydrogen) atoms. The number of aliphatic imine (C=N–C) groups is 1. The van der Waals surface area contributed by atoms with Crippen LogP contribution in [0.25, 0.3) is 0 Å². The number of rotatable bonds is 8. The van der Waals surface area contributed by atoms with Crippen molar-refractivity contribution in [2.45, 2.75) is 32.6 Å². The van der Waals surface area contributed by atoms with Crippen molar-refractivity contribution >= 4 is 23.8 Å². The minimum atomic E-state index is 0.274. The lowest BCUT2D eigenvalue weighted by molar-refractivity contribution is -0.127. The first-order valence-corrected chi connectivity index (χ1v) is 10.3. The van der Waals surface area contributed by atoms with Crippen molar-refractivity contribution in [3.8, 4) is 5.88 Å². The number of hydrogen-bond donors (Lipinski definition) is 1. The lowest BCUT2D eigenvalue weighted by Crippen LogP contribution is -2.33. The molecule has 1 saturated heterocycles. The summed E-state index contributed by atoms with van der Waals surface area (Å²) >= 11 is 0. The Kier molecular flexibility index (Phi) is 9.57. The Hall–Kier alpha value is -3.16. The molecule has 0 aromatic carbocycles. The number of anilines is 1. The molecule has 1 aliphatic heterocycles. The summed E-state index contributed by atoms with van der Waals surface area (Å²) in [6, 6.07) is 9.61. The minimum Gasteiger partial charge on any atom is -0.481 e. The van der Waals surface area contributed by atoms with E-state index in [4.69, 9.17) is 10.5 Å². The van der Waals surface area contributed by atoms with E-state index < -0.39 is 0 Å². The second-order valence-corrected chi connectivity index (χ2v) is 6.98. The number of nitrogens with two attached hydrogens (primary N) is 1. The van der Waals surface area contributed by atoms with E-state index in [0.717, 1.165) is 50.3 Å². The standard InChI is InChI=1S/C13H19N3O2.C9H13N3/c1-15(8-9-16-7-3-4-13(16)17)11-5-6-14-12(10-11)18-2;1-2-4-8-5-3-6-9(12-8)11-7-10/h5-6,10H,3-4,7-9H2,1-2H3;3,5-7H,2,4H2,1H3,(H2,10,11,12). The Morgan fingerprint density at radius 2 is 2.20 bits per heavy atom. The van der Waals surface area contributed by atoms with Crippen molar-refractivity contribution in [3.05, 3.63) is 42.2 Å². The molecule has 0 bridgehead atoms. The number of aryl methyl sites for hydroxylation is 1. The van der Waals surface area contributed by atoms with E-state index in [9.17, 15) is 4.79 Å². The van der Waals surface area contributed by atoms with Crippen LogP contribution in [0.15, 0.2) is 41.5 Å². The number of likely N-dealkylation sites (N-methyl/N-ethyl adjacent to an activating group) is 1. The number of hydrogen-bond acceptors (Lipinski definition) is 6. The van der Waals surface area contributed by atoms with Gasteiger partial charge in [-0.05, 0) is 31.0 Å². The molecular formula is C22H32N6O2. The number of aromatic nitrogens is 2. The molecule has 3 heterocycles. The largest absolute Gasteiger partial charge is 0.481 e. The second kappa shape index (κ2) is 12.4. The summed E-state index contributed by atoms with van der Waals surface area (Å²) in [6.45, 7) is 4.62. The van der Waals surface area contributed by atoms with Gasteiger partial charge in [-0.2, -0.15) is 0 Å². The maximum atomic E-state index is 11.5. The Morgan fingerprint density at radius 1 is 1.37 bits per heavy atom. The molecule has 3 rings (SSSR count). The van der Waals surface area contributed by atoms with Gasteiger partial charge in [0.2, 0.25) is 11.8 Å². The molecule has 1 aliphatic rings. The van der Waals surface area contributed by atoms with E-state index >= 15 is 0 Å². The Balaban J connectivity index is 0.000000232. The Morgan fingerprint density at radius 3 is 2.87 bits per heavy atom. The first-order valence-electron chi connectivity index (χ1n) is 10.3. The van der Waals surface area contributed by atoms with Gasteiger partial charge in [-0.1, -0.05) is 19.4 Å². The van der Waals surface area contributed by atoms with Gasteiger partial charge in [0.1, 0.15) is 0 Å². The van der Waals surface area contributed by atoms with Crippen LogP contribution in [0.2, 0.25) is 0 Å². The smallest absolute Gasteiger partial charge is 0.222 e. The predicted molar refractivity (Wildman–Crippen MR) is 120 cm³/mol. The summed E-state index contributed by atoms with van der Waals surface area (Å²) in [4.78, 5) is 27.8. The number of carbonyl (C=O) groups is 1. The molecule has 0 atom stereocenters. The first-order chi connectivity index (χ1) is 14.6. The van der Waals surface area contributed by atoms with Gasteiger partial charge in [-0.25, -0.2) is 15.0 Å². The topological polar surface area (TPSA) is 96.9 Å². The van der Waals surface area contributed by atoms with E-state index in [0.29, 0.717) is 18.1 Å². The van der Waals surface area contributed by atoms with Crippen molar-refractivity contribution in [1.82, 2.24) is 14.9 Å². The molecular weight excluding hydrogens is 380 g/mol. The van der Waals surface area contributed by atoms with Crippen LogP contribution in [0.5, 0.6) is 5.88 Å². The van der Waals surface area contributed by atoms with Gasteiger partial charge in [0.25, 0.3) is 0 Å². The Labute approximate surface area is 178 Å². The van der Waals surface area contributed by atoms with Gasteiger partial charge in [0.05, 0.1) is 13.4 Å². The molecule has 0 spiro atoms. The summed E-state index contributed by atoms with van der Waals surface area (Å²) in [6.07, 6.45) is 6.78. The molecule has 2 aromatic heterocycles. The lowest BCUT2D eigenvalue weighted by atomic mass is 10.2. The molecule has 2 N–H and O–H groups in total. The van der Waals surface area contributed by atoms with Crippen LogP contribution in [-0.4, -0.2) is 60.9 Å². The van der Waals surface area contributed by atoms with Crippen molar-refractivity contribution in [3.63, 3.8) is 0 Å². The summed E-state index contributed by atoms with van der Waals surface area (Å²) < 4.78 is 5.10. The van der Waals surface area contributed by atoms with Crippen LogP contribution in [0.1, 0.15) is 31.9 Å². The van der Waals surface area contributed by atoms with Crippen LogP contribution in [0.3, 0.4) is 0 Å². The monoisotopic (exact) mass is 412 g/mol. The molecule has 0 unspecified atom stereocenters. The van der Waals surface area contributed by atoms with Gasteiger partial charge in [0, 0.05) is 56.7 Å². The zero-order valence-electron chi connectivity index (χ0n) is 18.1. The summed E-state index contributed by atoms with van der Waals surface area (Å²) in [5.74, 6) is 1.57. The fourth-order valence-corrected chi connectivity index (χ4v) is 3.10. The van der Waals surface area contributed by atoms with Crippen LogP contribution in [0, 0.1) is 0 Å². The number of likely N-dealkylation sites (tertiary alicyclic amines) is 1. The molecule has 1 amide bonds. The van der Waals surface area contributed by atoms with Gasteiger partial charge < -0.3 is 20.3 Å². The third-order valence-corrected chi connectivity index (χ3v) is 4.75. The maximum absolute atomic E-state index is 11.5. The van der Waals surface area contributed by atoms with Crippen LogP contribution < -0.4 is 15.4 Å². The van der Waals surface area contributed by atoms with Gasteiger partial charge >= 0.3 is 0 Å². The van der Waals surface area contributed by atoms with E-state index in [2.05, 4.69) is 26.8 Å². The zero-order valence-corrected chi connectivity index (χ0v) is 18.1. The maximum Gasteiger partial charge on any atom is 0.222 e. The molecule has 162 valence electrons. The third-order valence-electron chi connectivity index (χ3n) is 4.75. The fourth-order valence-electron chi connectivity index (χ4n) is 3.10. The Bertz CT molecular complexity index is 827. The van der Waals surface area contributed by atoms with Crippen LogP contribution in [0.4, 0.5) is 11.5 Å². The highest BCUT2D eigenvalue weighted by Gasteiger charge is 2.19. The van der Waals surface area contributed by atoms with E-state index in [1.165, 1.54) is 6.34 Å².